The van der Waals surface area contributed by atoms with Crippen LogP contribution in [0.1, 0.15) is 43.6 Å². The van der Waals surface area contributed by atoms with Crippen LogP contribution in [0.2, 0.25) is 0 Å². The van der Waals surface area contributed by atoms with Gasteiger partial charge in [0.1, 0.15) is 12.6 Å². The monoisotopic (exact) mass is 373 g/mol. The molecule has 3 aromatic rings. The van der Waals surface area contributed by atoms with Crippen molar-refractivity contribution in [2.45, 2.75) is 32.2 Å². The van der Waals surface area contributed by atoms with Crippen LogP contribution in [0, 0.1) is 0 Å². The molecule has 1 aromatic heterocycles. The summed E-state index contributed by atoms with van der Waals surface area (Å²) in [5.74, 6) is 1.08. The van der Waals surface area contributed by atoms with Crippen molar-refractivity contribution in [3.63, 3.8) is 0 Å². The first-order valence-electron chi connectivity index (χ1n) is 9.33. The van der Waals surface area contributed by atoms with Gasteiger partial charge in [0.15, 0.2) is 0 Å². The number of aromatic nitrogens is 3. The normalized spacial score (nSPS) is 16.4. The van der Waals surface area contributed by atoms with Gasteiger partial charge < -0.3 is 10.1 Å². The summed E-state index contributed by atoms with van der Waals surface area (Å²) < 4.78 is 5.92. The van der Waals surface area contributed by atoms with E-state index in [1.165, 1.54) is 0 Å². The second-order valence-electron chi connectivity index (χ2n) is 7.76. The molecule has 28 heavy (non-hydrogen) atoms. The van der Waals surface area contributed by atoms with Crippen LogP contribution >= 0.6 is 0 Å². The highest BCUT2D eigenvalue weighted by atomic mass is 16.5. The largest absolute Gasteiger partial charge is 0.475 e. The lowest BCUT2D eigenvalue weighted by Crippen LogP contribution is -2.16. The zero-order valence-corrected chi connectivity index (χ0v) is 16.3. The lowest BCUT2D eigenvalue weighted by atomic mass is 9.93. The van der Waals surface area contributed by atoms with Gasteiger partial charge in [-0.05, 0) is 17.7 Å². The van der Waals surface area contributed by atoms with Gasteiger partial charge >= 0.3 is 0 Å². The van der Waals surface area contributed by atoms with E-state index in [-0.39, 0.29) is 11.5 Å². The van der Waals surface area contributed by atoms with Gasteiger partial charge in [-0.2, -0.15) is 5.10 Å². The van der Waals surface area contributed by atoms with Crippen molar-refractivity contribution in [1.29, 1.82) is 0 Å². The summed E-state index contributed by atoms with van der Waals surface area (Å²) in [6, 6.07) is 18.1. The number of anilines is 2. The molecule has 0 aliphatic carbocycles. The third-order valence-corrected chi connectivity index (χ3v) is 4.57. The van der Waals surface area contributed by atoms with E-state index in [9.17, 15) is 0 Å². The Morgan fingerprint density at radius 2 is 1.75 bits per heavy atom. The van der Waals surface area contributed by atoms with E-state index in [1.807, 2.05) is 42.5 Å². The van der Waals surface area contributed by atoms with Gasteiger partial charge in [-0.15, -0.1) is 5.10 Å². The molecule has 0 radical (unpaired) electrons. The van der Waals surface area contributed by atoms with Crippen LogP contribution in [-0.2, 0) is 10.2 Å². The molecule has 0 unspecified atom stereocenters. The zero-order valence-electron chi connectivity index (χ0n) is 16.3. The molecule has 1 atom stereocenters. The van der Waals surface area contributed by atoms with Crippen molar-refractivity contribution in [3.8, 4) is 0 Å². The van der Waals surface area contributed by atoms with Crippen molar-refractivity contribution in [2.24, 2.45) is 4.99 Å². The van der Waals surface area contributed by atoms with Gasteiger partial charge in [0, 0.05) is 5.41 Å². The number of nitrogens with zero attached hydrogens (tertiary/aromatic N) is 4. The molecule has 142 valence electrons. The highest BCUT2D eigenvalue weighted by molar-refractivity contribution is 6.00. The van der Waals surface area contributed by atoms with Gasteiger partial charge in [0.25, 0.3) is 0 Å². The van der Waals surface area contributed by atoms with Crippen LogP contribution in [0.5, 0.6) is 0 Å². The Morgan fingerprint density at radius 3 is 2.54 bits per heavy atom. The minimum absolute atomic E-state index is 0.00592. The number of para-hydroxylation sites is 1. The first-order chi connectivity index (χ1) is 13.5. The molecule has 0 bridgehead atoms. The summed E-state index contributed by atoms with van der Waals surface area (Å²) in [7, 11) is 0. The predicted octanol–water partition coefficient (Wildman–Crippen LogP) is 4.43. The van der Waals surface area contributed by atoms with E-state index >= 15 is 0 Å². The Bertz CT molecular complexity index is 995. The Hall–Kier alpha value is -3.28. The predicted molar refractivity (Wildman–Crippen MR) is 110 cm³/mol. The Labute approximate surface area is 164 Å². The third kappa shape index (κ3) is 3.86. The number of aliphatic imine (C=N–C) groups is 1. The molecule has 2 heterocycles. The molecule has 1 aliphatic rings. The lowest BCUT2D eigenvalue weighted by molar-refractivity contribution is 0.320. The minimum atomic E-state index is -0.104. The maximum atomic E-state index is 5.92. The summed E-state index contributed by atoms with van der Waals surface area (Å²) in [6.07, 6.45) is 1.70. The van der Waals surface area contributed by atoms with Crippen LogP contribution < -0.4 is 5.32 Å². The summed E-state index contributed by atoms with van der Waals surface area (Å²) in [5, 5.41) is 11.5. The molecule has 2 aromatic carbocycles. The Kier molecular flexibility index (Phi) is 4.77. The van der Waals surface area contributed by atoms with E-state index in [0.29, 0.717) is 18.5 Å². The number of hydrogen-bond donors (Lipinski definition) is 1. The van der Waals surface area contributed by atoms with Crippen LogP contribution in [0.3, 0.4) is 0 Å². The second-order valence-corrected chi connectivity index (χ2v) is 7.76. The fourth-order valence-corrected chi connectivity index (χ4v) is 2.98. The number of hydrogen-bond acceptors (Lipinski definition) is 6. The van der Waals surface area contributed by atoms with Gasteiger partial charge in [-0.1, -0.05) is 63.2 Å². The van der Waals surface area contributed by atoms with Gasteiger partial charge in [-0.3, -0.25) is 0 Å². The highest BCUT2D eigenvalue weighted by Crippen LogP contribution is 2.28. The lowest BCUT2D eigenvalue weighted by Gasteiger charge is -2.17. The maximum absolute atomic E-state index is 5.92. The Morgan fingerprint density at radius 1 is 1.00 bits per heavy atom. The summed E-state index contributed by atoms with van der Waals surface area (Å²) in [5.41, 5.74) is 3.64. The number of ether oxygens (including phenoxy) is 1. The standard InChI is InChI=1S/C22H23N5O/c1-22(2,3)19-13-23-27-21(26-19)25-17-12-8-7-11-16(17)20-24-18(14-28-20)15-9-5-4-6-10-15/h4-13,18H,14H2,1-3H3,(H,25,26,27)/t18-/m1/s1. The summed E-state index contributed by atoms with van der Waals surface area (Å²) >= 11 is 0. The summed E-state index contributed by atoms with van der Waals surface area (Å²) in [4.78, 5) is 9.39. The SMILES string of the molecule is CC(C)(C)c1cnnc(Nc2ccccc2C2=N[C@@H](c3ccccc3)CO2)n1. The molecule has 0 fully saturated rings. The highest BCUT2D eigenvalue weighted by Gasteiger charge is 2.24. The first-order valence-corrected chi connectivity index (χ1v) is 9.33. The van der Waals surface area contributed by atoms with Crippen molar-refractivity contribution < 1.29 is 4.74 Å². The van der Waals surface area contributed by atoms with Crippen molar-refractivity contribution in [2.75, 3.05) is 11.9 Å². The van der Waals surface area contributed by atoms with E-state index in [2.05, 4.69) is 53.4 Å². The fraction of sp³-hybridized carbons (Fsp3) is 0.273. The number of benzene rings is 2. The Balaban J connectivity index is 1.62. The molecular formula is C22H23N5O. The maximum Gasteiger partial charge on any atom is 0.247 e. The molecule has 1 N–H and O–H groups in total. The van der Waals surface area contributed by atoms with Crippen LogP contribution in [-0.4, -0.2) is 27.7 Å². The van der Waals surface area contributed by atoms with E-state index < -0.39 is 0 Å². The van der Waals surface area contributed by atoms with Crippen LogP contribution in [0.4, 0.5) is 11.6 Å². The van der Waals surface area contributed by atoms with Crippen LogP contribution in [0.25, 0.3) is 0 Å². The molecule has 4 rings (SSSR count). The van der Waals surface area contributed by atoms with E-state index in [0.717, 1.165) is 22.5 Å². The molecular weight excluding hydrogens is 350 g/mol. The summed E-state index contributed by atoms with van der Waals surface area (Å²) in [6.45, 7) is 6.82. The van der Waals surface area contributed by atoms with Gasteiger partial charge in [-0.25, -0.2) is 9.98 Å². The van der Waals surface area contributed by atoms with Crippen LogP contribution in [0.15, 0.2) is 65.8 Å². The molecule has 0 saturated heterocycles. The van der Waals surface area contributed by atoms with Crippen molar-refractivity contribution in [1.82, 2.24) is 15.2 Å². The minimum Gasteiger partial charge on any atom is -0.475 e. The fourth-order valence-electron chi connectivity index (χ4n) is 2.98. The smallest absolute Gasteiger partial charge is 0.247 e. The number of rotatable bonds is 4. The van der Waals surface area contributed by atoms with E-state index in [4.69, 9.17) is 9.73 Å². The molecule has 6 nitrogen and oxygen atoms in total. The molecule has 1 aliphatic heterocycles. The third-order valence-electron chi connectivity index (χ3n) is 4.57. The molecule has 0 spiro atoms. The second kappa shape index (κ2) is 7.38. The molecule has 0 amide bonds. The van der Waals surface area contributed by atoms with Crippen molar-refractivity contribution >= 4 is 17.5 Å². The number of nitrogens with one attached hydrogen (secondary N) is 1. The topological polar surface area (TPSA) is 72.3 Å². The average Bonchev–Trinajstić information content (AvgIpc) is 3.19. The zero-order chi connectivity index (χ0) is 19.6. The molecule has 6 heteroatoms. The van der Waals surface area contributed by atoms with Gasteiger partial charge in [0.05, 0.1) is 23.1 Å². The van der Waals surface area contributed by atoms with Crippen molar-refractivity contribution in [3.05, 3.63) is 77.6 Å². The average molecular weight is 373 g/mol. The van der Waals surface area contributed by atoms with Gasteiger partial charge in [0.2, 0.25) is 11.8 Å². The quantitative estimate of drug-likeness (QED) is 0.732. The molecule has 0 saturated carbocycles. The first kappa shape index (κ1) is 18.1. The van der Waals surface area contributed by atoms with E-state index in [1.54, 1.807) is 6.20 Å².